The predicted molar refractivity (Wildman–Crippen MR) is 48.6 cm³/mol. The summed E-state index contributed by atoms with van der Waals surface area (Å²) in [5, 5.41) is 10.8. The van der Waals surface area contributed by atoms with Gasteiger partial charge in [0.15, 0.2) is 0 Å². The van der Waals surface area contributed by atoms with E-state index in [9.17, 15) is 0 Å². The SMILES string of the molecule is N=C(C=C(N)N)N1CCNCC1. The number of nitrogens with two attached hydrogens (primary N) is 2. The largest absolute Gasteiger partial charge is 0.386 e. The van der Waals surface area contributed by atoms with Crippen LogP contribution in [0.4, 0.5) is 0 Å². The molecule has 1 fully saturated rings. The first kappa shape index (κ1) is 8.86. The van der Waals surface area contributed by atoms with E-state index in [1.54, 1.807) is 0 Å². The average Bonchev–Trinajstić information content (AvgIpc) is 2.05. The summed E-state index contributed by atoms with van der Waals surface area (Å²) < 4.78 is 0. The van der Waals surface area contributed by atoms with Crippen molar-refractivity contribution >= 4 is 5.84 Å². The normalized spacial score (nSPS) is 17.2. The molecule has 68 valence electrons. The van der Waals surface area contributed by atoms with Gasteiger partial charge in [0.2, 0.25) is 0 Å². The third-order valence-electron chi connectivity index (χ3n) is 1.76. The molecule has 5 heteroatoms. The van der Waals surface area contributed by atoms with E-state index in [1.807, 2.05) is 4.90 Å². The van der Waals surface area contributed by atoms with E-state index in [1.165, 1.54) is 6.08 Å². The molecule has 0 amide bonds. The minimum absolute atomic E-state index is 0.193. The van der Waals surface area contributed by atoms with Crippen molar-refractivity contribution in [2.24, 2.45) is 11.5 Å². The summed E-state index contributed by atoms with van der Waals surface area (Å²) in [5.74, 6) is 0.593. The molecule has 1 heterocycles. The second-order valence-corrected chi connectivity index (χ2v) is 2.77. The van der Waals surface area contributed by atoms with Gasteiger partial charge in [-0.2, -0.15) is 0 Å². The van der Waals surface area contributed by atoms with E-state index in [-0.39, 0.29) is 5.82 Å². The van der Waals surface area contributed by atoms with E-state index in [4.69, 9.17) is 16.9 Å². The molecule has 0 aliphatic carbocycles. The first-order chi connectivity index (χ1) is 5.70. The topological polar surface area (TPSA) is 91.2 Å². The van der Waals surface area contributed by atoms with Crippen LogP contribution >= 0.6 is 0 Å². The number of piperazine rings is 1. The first-order valence-corrected chi connectivity index (χ1v) is 3.97. The number of nitrogens with zero attached hydrogens (tertiary/aromatic N) is 1. The summed E-state index contributed by atoms with van der Waals surface area (Å²) in [6, 6.07) is 0. The highest BCUT2D eigenvalue weighted by Gasteiger charge is 2.10. The Balaban J connectivity index is 2.45. The number of hydrogen-bond donors (Lipinski definition) is 4. The van der Waals surface area contributed by atoms with Crippen LogP contribution in [0.3, 0.4) is 0 Å². The fourth-order valence-corrected chi connectivity index (χ4v) is 1.15. The van der Waals surface area contributed by atoms with Crippen molar-refractivity contribution in [2.45, 2.75) is 0 Å². The average molecular weight is 169 g/mol. The van der Waals surface area contributed by atoms with Crippen molar-refractivity contribution in [3.63, 3.8) is 0 Å². The highest BCUT2D eigenvalue weighted by Crippen LogP contribution is 1.94. The Labute approximate surface area is 71.9 Å². The van der Waals surface area contributed by atoms with Crippen molar-refractivity contribution in [3.8, 4) is 0 Å². The highest BCUT2D eigenvalue weighted by molar-refractivity contribution is 5.90. The maximum Gasteiger partial charge on any atom is 0.124 e. The molecule has 0 spiro atoms. The predicted octanol–water partition coefficient (Wildman–Crippen LogP) is -1.37. The summed E-state index contributed by atoms with van der Waals surface area (Å²) in [7, 11) is 0. The third kappa shape index (κ3) is 2.43. The van der Waals surface area contributed by atoms with E-state index >= 15 is 0 Å². The molecule has 6 N–H and O–H groups in total. The fraction of sp³-hybridized carbons (Fsp3) is 0.571. The van der Waals surface area contributed by atoms with Crippen molar-refractivity contribution in [3.05, 3.63) is 11.9 Å². The van der Waals surface area contributed by atoms with Gasteiger partial charge in [0, 0.05) is 32.3 Å². The molecule has 0 aromatic carbocycles. The fourth-order valence-electron chi connectivity index (χ4n) is 1.15. The van der Waals surface area contributed by atoms with E-state index < -0.39 is 0 Å². The van der Waals surface area contributed by atoms with E-state index in [2.05, 4.69) is 5.32 Å². The zero-order valence-electron chi connectivity index (χ0n) is 7.01. The maximum atomic E-state index is 7.58. The minimum atomic E-state index is 0.193. The second-order valence-electron chi connectivity index (χ2n) is 2.77. The molecule has 0 aromatic rings. The van der Waals surface area contributed by atoms with Gasteiger partial charge in [0.1, 0.15) is 5.84 Å². The van der Waals surface area contributed by atoms with Crippen LogP contribution in [0.25, 0.3) is 0 Å². The van der Waals surface area contributed by atoms with Gasteiger partial charge in [0.05, 0.1) is 5.82 Å². The Bertz CT molecular complexity index is 188. The molecule has 0 radical (unpaired) electrons. The molecule has 1 saturated heterocycles. The number of amidine groups is 1. The van der Waals surface area contributed by atoms with E-state index in [0.717, 1.165) is 26.2 Å². The Morgan fingerprint density at radius 3 is 2.42 bits per heavy atom. The lowest BCUT2D eigenvalue weighted by Gasteiger charge is -2.28. The summed E-state index contributed by atoms with van der Waals surface area (Å²) in [6.07, 6.45) is 1.48. The van der Waals surface area contributed by atoms with Gasteiger partial charge >= 0.3 is 0 Å². The molecule has 0 atom stereocenters. The van der Waals surface area contributed by atoms with Crippen LogP contribution in [0.2, 0.25) is 0 Å². The number of nitrogens with one attached hydrogen (secondary N) is 2. The lowest BCUT2D eigenvalue weighted by Crippen LogP contribution is -2.45. The lowest BCUT2D eigenvalue weighted by molar-refractivity contribution is 0.357. The molecule has 0 aromatic heterocycles. The molecule has 1 aliphatic heterocycles. The Hall–Kier alpha value is -1.23. The van der Waals surface area contributed by atoms with Crippen LogP contribution in [0.15, 0.2) is 11.9 Å². The molecular formula is C7H15N5. The molecule has 0 unspecified atom stereocenters. The lowest BCUT2D eigenvalue weighted by atomic mass is 10.3. The van der Waals surface area contributed by atoms with Crippen LogP contribution in [0, 0.1) is 5.41 Å². The minimum Gasteiger partial charge on any atom is -0.386 e. The Morgan fingerprint density at radius 2 is 1.92 bits per heavy atom. The third-order valence-corrected chi connectivity index (χ3v) is 1.76. The van der Waals surface area contributed by atoms with Crippen molar-refractivity contribution in [2.75, 3.05) is 26.2 Å². The second kappa shape index (κ2) is 3.96. The zero-order chi connectivity index (χ0) is 8.97. The highest BCUT2D eigenvalue weighted by atomic mass is 15.2. The molecule has 5 nitrogen and oxygen atoms in total. The van der Waals surface area contributed by atoms with Gasteiger partial charge in [-0.1, -0.05) is 0 Å². The molecule has 0 saturated carbocycles. The van der Waals surface area contributed by atoms with Gasteiger partial charge in [-0.25, -0.2) is 0 Å². The van der Waals surface area contributed by atoms with Gasteiger partial charge in [-0.3, -0.25) is 5.41 Å². The molecular weight excluding hydrogens is 154 g/mol. The monoisotopic (exact) mass is 169 g/mol. The maximum absolute atomic E-state index is 7.58. The summed E-state index contributed by atoms with van der Waals surface area (Å²) in [5.41, 5.74) is 10.5. The number of hydrogen-bond acceptors (Lipinski definition) is 4. The first-order valence-electron chi connectivity index (χ1n) is 3.97. The Kier molecular flexibility index (Phi) is 2.93. The summed E-state index contributed by atoms with van der Waals surface area (Å²) in [6.45, 7) is 3.53. The van der Waals surface area contributed by atoms with Crippen LogP contribution in [0.1, 0.15) is 0 Å². The molecule has 1 aliphatic rings. The van der Waals surface area contributed by atoms with Crippen LogP contribution < -0.4 is 16.8 Å². The smallest absolute Gasteiger partial charge is 0.124 e. The Morgan fingerprint density at radius 1 is 1.33 bits per heavy atom. The van der Waals surface area contributed by atoms with Crippen LogP contribution in [-0.4, -0.2) is 36.9 Å². The van der Waals surface area contributed by atoms with Gasteiger partial charge in [-0.05, 0) is 0 Å². The van der Waals surface area contributed by atoms with E-state index in [0.29, 0.717) is 5.84 Å². The van der Waals surface area contributed by atoms with Gasteiger partial charge < -0.3 is 21.7 Å². The van der Waals surface area contributed by atoms with Gasteiger partial charge in [-0.15, -0.1) is 0 Å². The van der Waals surface area contributed by atoms with Crippen molar-refractivity contribution in [1.82, 2.24) is 10.2 Å². The molecule has 12 heavy (non-hydrogen) atoms. The molecule has 1 rings (SSSR count). The number of rotatable bonds is 1. The standard InChI is InChI=1S/C7H15N5/c8-6(9)5-7(10)12-3-1-11-2-4-12/h5,10-11H,1-4,8-9H2. The van der Waals surface area contributed by atoms with Crippen molar-refractivity contribution in [1.29, 1.82) is 5.41 Å². The van der Waals surface area contributed by atoms with Crippen LogP contribution in [0.5, 0.6) is 0 Å². The van der Waals surface area contributed by atoms with Gasteiger partial charge in [0.25, 0.3) is 0 Å². The summed E-state index contributed by atoms with van der Waals surface area (Å²) in [4.78, 5) is 1.94. The molecule has 0 bridgehead atoms. The zero-order valence-corrected chi connectivity index (χ0v) is 7.01. The van der Waals surface area contributed by atoms with Crippen LogP contribution in [-0.2, 0) is 0 Å². The quantitative estimate of drug-likeness (QED) is 0.288. The summed E-state index contributed by atoms with van der Waals surface area (Å²) >= 11 is 0. The van der Waals surface area contributed by atoms with Crippen molar-refractivity contribution < 1.29 is 0 Å².